The minimum atomic E-state index is -0.212. The molecule has 1 fully saturated rings. The fraction of sp³-hybridized carbons (Fsp3) is 0.389. The van der Waals surface area contributed by atoms with Crippen molar-refractivity contribution in [1.29, 1.82) is 5.26 Å². The molecule has 124 valence electrons. The normalized spacial score (nSPS) is 17.8. The molecule has 3 rings (SSSR count). The zero-order valence-corrected chi connectivity index (χ0v) is 13.8. The third-order valence-electron chi connectivity index (χ3n) is 4.12. The van der Waals surface area contributed by atoms with Gasteiger partial charge in [-0.3, -0.25) is 9.48 Å². The van der Waals surface area contributed by atoms with Crippen molar-refractivity contribution in [2.45, 2.75) is 26.0 Å². The number of aromatic nitrogens is 2. The maximum Gasteiger partial charge on any atom is 0.257 e. The summed E-state index contributed by atoms with van der Waals surface area (Å²) in [5.41, 5.74) is 2.11. The monoisotopic (exact) mass is 324 g/mol. The SMILES string of the molecule is CC(C)n1cc(C(=O)N2CCO[C@@H](c3cccc(C#N)c3)C2)cn1. The van der Waals surface area contributed by atoms with Crippen molar-refractivity contribution < 1.29 is 9.53 Å². The Morgan fingerprint density at radius 2 is 2.29 bits per heavy atom. The summed E-state index contributed by atoms with van der Waals surface area (Å²) in [5, 5.41) is 13.3. The van der Waals surface area contributed by atoms with Gasteiger partial charge in [0.05, 0.1) is 36.5 Å². The van der Waals surface area contributed by atoms with E-state index in [1.54, 1.807) is 28.0 Å². The Bertz CT molecular complexity index is 775. The lowest BCUT2D eigenvalue weighted by Crippen LogP contribution is -2.42. The molecular weight excluding hydrogens is 304 g/mol. The highest BCUT2D eigenvalue weighted by Crippen LogP contribution is 2.24. The zero-order valence-electron chi connectivity index (χ0n) is 13.8. The van der Waals surface area contributed by atoms with Crippen LogP contribution in [0.25, 0.3) is 0 Å². The Balaban J connectivity index is 1.75. The van der Waals surface area contributed by atoms with Crippen LogP contribution >= 0.6 is 0 Å². The first-order valence-corrected chi connectivity index (χ1v) is 8.03. The van der Waals surface area contributed by atoms with E-state index in [1.165, 1.54) is 0 Å². The van der Waals surface area contributed by atoms with Crippen molar-refractivity contribution >= 4 is 5.91 Å². The number of hydrogen-bond acceptors (Lipinski definition) is 4. The van der Waals surface area contributed by atoms with Crippen LogP contribution in [0.1, 0.15) is 47.5 Å². The number of benzene rings is 1. The van der Waals surface area contributed by atoms with Gasteiger partial charge in [0.2, 0.25) is 0 Å². The summed E-state index contributed by atoms with van der Waals surface area (Å²) in [6.07, 6.45) is 3.19. The summed E-state index contributed by atoms with van der Waals surface area (Å²) in [7, 11) is 0. The van der Waals surface area contributed by atoms with Gasteiger partial charge in [0.25, 0.3) is 5.91 Å². The number of nitrogens with zero attached hydrogens (tertiary/aromatic N) is 4. The summed E-state index contributed by atoms with van der Waals surface area (Å²) in [6, 6.07) is 9.69. The molecule has 1 aliphatic heterocycles. The van der Waals surface area contributed by atoms with Crippen molar-refractivity contribution in [3.63, 3.8) is 0 Å². The van der Waals surface area contributed by atoms with E-state index < -0.39 is 0 Å². The van der Waals surface area contributed by atoms with E-state index in [2.05, 4.69) is 11.2 Å². The van der Waals surface area contributed by atoms with Gasteiger partial charge in [-0.05, 0) is 31.5 Å². The average molecular weight is 324 g/mol. The number of ether oxygens (including phenoxy) is 1. The fourth-order valence-electron chi connectivity index (χ4n) is 2.76. The second-order valence-electron chi connectivity index (χ2n) is 6.15. The highest BCUT2D eigenvalue weighted by molar-refractivity contribution is 5.93. The van der Waals surface area contributed by atoms with Crippen LogP contribution in [0.3, 0.4) is 0 Å². The Morgan fingerprint density at radius 3 is 3.00 bits per heavy atom. The first kappa shape index (κ1) is 16.2. The smallest absolute Gasteiger partial charge is 0.257 e. The molecule has 6 heteroatoms. The first-order valence-electron chi connectivity index (χ1n) is 8.03. The standard InChI is InChI=1S/C18H20N4O2/c1-13(2)22-11-16(10-20-22)18(23)21-6-7-24-17(12-21)15-5-3-4-14(8-15)9-19/h3-5,8,10-11,13,17H,6-7,12H2,1-2H3/t17-/m1/s1. The number of amides is 1. The van der Waals surface area contributed by atoms with E-state index in [1.807, 2.05) is 32.0 Å². The Hall–Kier alpha value is -2.65. The van der Waals surface area contributed by atoms with Gasteiger partial charge in [-0.2, -0.15) is 10.4 Å². The van der Waals surface area contributed by atoms with Gasteiger partial charge < -0.3 is 9.64 Å². The number of hydrogen-bond donors (Lipinski definition) is 0. The zero-order chi connectivity index (χ0) is 17.1. The van der Waals surface area contributed by atoms with Gasteiger partial charge in [-0.1, -0.05) is 12.1 Å². The lowest BCUT2D eigenvalue weighted by atomic mass is 10.0. The third kappa shape index (κ3) is 3.31. The second-order valence-corrected chi connectivity index (χ2v) is 6.15. The van der Waals surface area contributed by atoms with Gasteiger partial charge in [0.15, 0.2) is 0 Å². The number of morpholine rings is 1. The fourth-order valence-corrected chi connectivity index (χ4v) is 2.76. The first-order chi connectivity index (χ1) is 11.6. The van der Waals surface area contributed by atoms with E-state index in [-0.39, 0.29) is 18.1 Å². The molecule has 24 heavy (non-hydrogen) atoms. The van der Waals surface area contributed by atoms with Crippen LogP contribution in [0.5, 0.6) is 0 Å². The summed E-state index contributed by atoms with van der Waals surface area (Å²) in [4.78, 5) is 14.5. The molecule has 1 atom stereocenters. The van der Waals surface area contributed by atoms with E-state index in [0.29, 0.717) is 30.8 Å². The summed E-state index contributed by atoms with van der Waals surface area (Å²) < 4.78 is 7.58. The van der Waals surface area contributed by atoms with Gasteiger partial charge in [0, 0.05) is 18.8 Å². The van der Waals surface area contributed by atoms with Crippen molar-refractivity contribution in [2.24, 2.45) is 0 Å². The molecule has 1 aromatic carbocycles. The predicted molar refractivity (Wildman–Crippen MR) is 88.4 cm³/mol. The Labute approximate surface area is 141 Å². The summed E-state index contributed by atoms with van der Waals surface area (Å²) >= 11 is 0. The molecule has 1 aromatic heterocycles. The molecular formula is C18H20N4O2. The van der Waals surface area contributed by atoms with Crippen LogP contribution in [-0.4, -0.2) is 40.3 Å². The number of carbonyl (C=O) groups excluding carboxylic acids is 1. The summed E-state index contributed by atoms with van der Waals surface area (Å²) in [5.74, 6) is -0.0355. The van der Waals surface area contributed by atoms with Crippen LogP contribution in [0, 0.1) is 11.3 Å². The molecule has 2 aromatic rings. The van der Waals surface area contributed by atoms with Gasteiger partial charge >= 0.3 is 0 Å². The molecule has 0 radical (unpaired) electrons. The molecule has 0 N–H and O–H groups in total. The van der Waals surface area contributed by atoms with Crippen molar-refractivity contribution in [2.75, 3.05) is 19.7 Å². The van der Waals surface area contributed by atoms with E-state index in [0.717, 1.165) is 5.56 Å². The minimum absolute atomic E-state index is 0.0355. The summed E-state index contributed by atoms with van der Waals surface area (Å²) in [6.45, 7) is 5.55. The maximum absolute atomic E-state index is 12.7. The molecule has 0 unspecified atom stereocenters. The topological polar surface area (TPSA) is 71.2 Å². The van der Waals surface area contributed by atoms with Crippen LogP contribution in [0.4, 0.5) is 0 Å². The van der Waals surface area contributed by atoms with Crippen molar-refractivity contribution in [3.8, 4) is 6.07 Å². The average Bonchev–Trinajstić information content (AvgIpc) is 3.11. The third-order valence-corrected chi connectivity index (χ3v) is 4.12. The van der Waals surface area contributed by atoms with Crippen LogP contribution in [0.2, 0.25) is 0 Å². The Morgan fingerprint density at radius 1 is 1.46 bits per heavy atom. The highest BCUT2D eigenvalue weighted by atomic mass is 16.5. The van der Waals surface area contributed by atoms with Gasteiger partial charge in [0.1, 0.15) is 6.10 Å². The van der Waals surface area contributed by atoms with E-state index in [9.17, 15) is 4.79 Å². The predicted octanol–water partition coefficient (Wildman–Crippen LogP) is 2.55. The van der Waals surface area contributed by atoms with Crippen LogP contribution < -0.4 is 0 Å². The lowest BCUT2D eigenvalue weighted by Gasteiger charge is -2.33. The lowest BCUT2D eigenvalue weighted by molar-refractivity contribution is -0.0228. The van der Waals surface area contributed by atoms with Gasteiger partial charge in [-0.25, -0.2) is 0 Å². The molecule has 0 spiro atoms. The molecule has 2 heterocycles. The molecule has 0 bridgehead atoms. The number of rotatable bonds is 3. The van der Waals surface area contributed by atoms with Crippen LogP contribution in [0.15, 0.2) is 36.7 Å². The van der Waals surface area contributed by atoms with Crippen LogP contribution in [-0.2, 0) is 4.74 Å². The van der Waals surface area contributed by atoms with Crippen molar-refractivity contribution in [1.82, 2.24) is 14.7 Å². The van der Waals surface area contributed by atoms with E-state index >= 15 is 0 Å². The number of nitriles is 1. The molecule has 0 saturated carbocycles. The molecule has 1 aliphatic rings. The molecule has 0 aliphatic carbocycles. The highest BCUT2D eigenvalue weighted by Gasteiger charge is 2.27. The quantitative estimate of drug-likeness (QED) is 0.870. The molecule has 1 saturated heterocycles. The Kier molecular flexibility index (Phi) is 4.63. The maximum atomic E-state index is 12.7. The minimum Gasteiger partial charge on any atom is -0.370 e. The second kappa shape index (κ2) is 6.85. The van der Waals surface area contributed by atoms with Crippen molar-refractivity contribution in [3.05, 3.63) is 53.3 Å². The van der Waals surface area contributed by atoms with E-state index in [4.69, 9.17) is 10.00 Å². The largest absolute Gasteiger partial charge is 0.370 e. The molecule has 6 nitrogen and oxygen atoms in total. The number of carbonyl (C=O) groups is 1. The molecule has 1 amide bonds. The van der Waals surface area contributed by atoms with Gasteiger partial charge in [-0.15, -0.1) is 0 Å².